The van der Waals surface area contributed by atoms with Crippen LogP contribution in [0, 0.1) is 0 Å². The van der Waals surface area contributed by atoms with Crippen LogP contribution in [0.5, 0.6) is 0 Å². The Hall–Kier alpha value is 0.628. The van der Waals surface area contributed by atoms with E-state index < -0.39 is 34.6 Å². The monoisotopic (exact) mass is 354 g/mol. The zero-order valence-corrected chi connectivity index (χ0v) is 18.5. The van der Waals surface area contributed by atoms with E-state index >= 15 is 0 Å². The van der Waals surface area contributed by atoms with Crippen LogP contribution in [0.2, 0.25) is 39.3 Å². The second-order valence-corrected chi connectivity index (χ2v) is 21.0. The summed E-state index contributed by atoms with van der Waals surface area (Å²) in [6.07, 6.45) is 0. The lowest BCUT2D eigenvalue weighted by Gasteiger charge is -2.50. The van der Waals surface area contributed by atoms with E-state index in [4.69, 9.17) is 16.5 Å². The van der Waals surface area contributed by atoms with Crippen LogP contribution in [0.1, 0.15) is 0 Å². The van der Waals surface area contributed by atoms with E-state index in [0.29, 0.717) is 0 Å². The van der Waals surface area contributed by atoms with Gasteiger partial charge in [0.2, 0.25) is 0 Å². The molecule has 0 aliphatic carbocycles. The second-order valence-electron chi connectivity index (χ2n) is 6.79. The predicted octanol–water partition coefficient (Wildman–Crippen LogP) is 1.73. The molecule has 1 saturated heterocycles. The van der Waals surface area contributed by atoms with Crippen molar-refractivity contribution < 1.29 is 16.5 Å². The first-order valence-electron chi connectivity index (χ1n) is 6.87. The molecule has 6 nitrogen and oxygen atoms in total. The fraction of sp³-hybridized carbons (Fsp3) is 1.00. The van der Waals surface area contributed by atoms with Crippen molar-refractivity contribution in [2.45, 2.75) is 39.3 Å². The summed E-state index contributed by atoms with van der Waals surface area (Å²) in [5.74, 6) is 0. The summed E-state index contributed by atoms with van der Waals surface area (Å²) in [4.78, 5) is 0. The van der Waals surface area contributed by atoms with Crippen LogP contribution >= 0.6 is 0 Å². The molecule has 1 fully saturated rings. The van der Waals surface area contributed by atoms with Crippen molar-refractivity contribution in [1.29, 1.82) is 0 Å². The van der Waals surface area contributed by atoms with Gasteiger partial charge in [-0.3, -0.25) is 9.13 Å². The minimum Gasteiger partial charge on any atom is -0.404 e. The minimum atomic E-state index is -2.45. The first-order chi connectivity index (χ1) is 8.72. The highest BCUT2D eigenvalue weighted by Gasteiger charge is 2.56. The summed E-state index contributed by atoms with van der Waals surface area (Å²) in [5.41, 5.74) is 0. The first-order valence-corrected chi connectivity index (χ1v) is 17.0. The third-order valence-corrected chi connectivity index (χ3v) is 20.5. The maximum Gasteiger partial charge on any atom is 0.406 e. The Kier molecular flexibility index (Phi) is 5.30. The molecule has 0 unspecified atom stereocenters. The summed E-state index contributed by atoms with van der Waals surface area (Å²) in [6, 6.07) is 0. The summed E-state index contributed by atoms with van der Waals surface area (Å²) in [6.45, 7) is 12.4. The average molecular weight is 355 g/mol. The lowest BCUT2D eigenvalue weighted by Crippen LogP contribution is -2.72. The molecule has 1 heterocycles. The smallest absolute Gasteiger partial charge is 0.404 e. The number of nitrogens with zero attached hydrogens (tertiary/aromatic N) is 2. The Morgan fingerprint density at radius 2 is 0.700 bits per heavy atom. The highest BCUT2D eigenvalue weighted by molar-refractivity contribution is 6.91. The largest absolute Gasteiger partial charge is 0.406 e. The summed E-state index contributed by atoms with van der Waals surface area (Å²) in [7, 11) is -1.53. The van der Waals surface area contributed by atoms with Crippen molar-refractivity contribution in [3.8, 4) is 0 Å². The van der Waals surface area contributed by atoms with Crippen molar-refractivity contribution in [1.82, 2.24) is 9.13 Å². The molecular formula is C10H30N2O4Si4. The highest BCUT2D eigenvalue weighted by atomic mass is 28.5. The van der Waals surface area contributed by atoms with Crippen LogP contribution in [0.25, 0.3) is 0 Å². The topological polar surface area (TPSA) is 43.4 Å². The molecule has 0 spiro atoms. The predicted molar refractivity (Wildman–Crippen MR) is 89.9 cm³/mol. The van der Waals surface area contributed by atoms with Crippen LogP contribution in [-0.2, 0) is 16.5 Å². The third-order valence-electron chi connectivity index (χ3n) is 3.37. The van der Waals surface area contributed by atoms with Crippen LogP contribution < -0.4 is 0 Å². The normalized spacial score (nSPS) is 37.8. The molecule has 0 radical (unpaired) electrons. The third kappa shape index (κ3) is 4.31. The van der Waals surface area contributed by atoms with E-state index in [9.17, 15) is 0 Å². The Morgan fingerprint density at radius 1 is 0.500 bits per heavy atom. The molecule has 0 atom stereocenters. The SMILES string of the molecule is CN(C)[Si]1(C)O[Si](C)(C)O[Si](C)(N(C)C)O[Si](C)(C)O1. The van der Waals surface area contributed by atoms with E-state index in [1.807, 2.05) is 28.2 Å². The van der Waals surface area contributed by atoms with Gasteiger partial charge in [0, 0.05) is 0 Å². The van der Waals surface area contributed by atoms with E-state index in [0.717, 1.165) is 0 Å². The Morgan fingerprint density at radius 3 is 0.850 bits per heavy atom. The maximum absolute atomic E-state index is 6.43. The standard InChI is InChI=1S/C10H30N2O4Si4/c1-11(2)19(9)13-17(5,6)15-20(10,12(3)4)16-18(7,8)14-19/h1-10H3. The summed E-state index contributed by atoms with van der Waals surface area (Å²) < 4.78 is 29.9. The van der Waals surface area contributed by atoms with Crippen molar-refractivity contribution in [3.63, 3.8) is 0 Å². The number of hydrogen-bond acceptors (Lipinski definition) is 6. The molecule has 0 saturated carbocycles. The van der Waals surface area contributed by atoms with Crippen LogP contribution in [-0.4, -0.2) is 71.9 Å². The molecule has 0 aromatic rings. The van der Waals surface area contributed by atoms with Crippen molar-refractivity contribution in [2.75, 3.05) is 28.2 Å². The lowest BCUT2D eigenvalue weighted by atomic mass is 11.3. The number of rotatable bonds is 2. The van der Waals surface area contributed by atoms with Gasteiger partial charge in [-0.1, -0.05) is 0 Å². The van der Waals surface area contributed by atoms with Gasteiger partial charge in [-0.2, -0.15) is 0 Å². The molecule has 10 heteroatoms. The van der Waals surface area contributed by atoms with Gasteiger partial charge in [-0.15, -0.1) is 0 Å². The molecule has 1 rings (SSSR count). The second kappa shape index (κ2) is 5.68. The highest BCUT2D eigenvalue weighted by Crippen LogP contribution is 2.31. The van der Waals surface area contributed by atoms with Crippen molar-refractivity contribution in [3.05, 3.63) is 0 Å². The van der Waals surface area contributed by atoms with Gasteiger partial charge in [-0.05, 0) is 67.5 Å². The van der Waals surface area contributed by atoms with Crippen LogP contribution in [0.4, 0.5) is 0 Å². The minimum absolute atomic E-state index is 2.01. The van der Waals surface area contributed by atoms with Crippen LogP contribution in [0.3, 0.4) is 0 Å². The molecule has 1 aliphatic heterocycles. The maximum atomic E-state index is 6.43. The van der Waals surface area contributed by atoms with E-state index in [2.05, 4.69) is 48.4 Å². The molecule has 0 aromatic carbocycles. The molecule has 0 aromatic heterocycles. The summed E-state index contributed by atoms with van der Waals surface area (Å²) >= 11 is 0. The fourth-order valence-electron chi connectivity index (χ4n) is 2.27. The van der Waals surface area contributed by atoms with Gasteiger partial charge in [0.25, 0.3) is 0 Å². The van der Waals surface area contributed by atoms with Crippen LogP contribution in [0.15, 0.2) is 0 Å². The van der Waals surface area contributed by atoms with Gasteiger partial charge >= 0.3 is 34.6 Å². The zero-order valence-electron chi connectivity index (χ0n) is 14.5. The van der Waals surface area contributed by atoms with Gasteiger partial charge in [0.15, 0.2) is 0 Å². The molecule has 0 bridgehead atoms. The van der Waals surface area contributed by atoms with Gasteiger partial charge in [0.1, 0.15) is 0 Å². The number of hydrogen-bond donors (Lipinski definition) is 0. The van der Waals surface area contributed by atoms with Gasteiger partial charge < -0.3 is 16.5 Å². The molecule has 120 valence electrons. The molecular weight excluding hydrogens is 324 g/mol. The molecule has 20 heavy (non-hydrogen) atoms. The quantitative estimate of drug-likeness (QED) is 0.704. The fourth-order valence-corrected chi connectivity index (χ4v) is 22.0. The van der Waals surface area contributed by atoms with E-state index in [1.165, 1.54) is 0 Å². The van der Waals surface area contributed by atoms with Crippen molar-refractivity contribution in [2.24, 2.45) is 0 Å². The van der Waals surface area contributed by atoms with E-state index in [1.54, 1.807) is 0 Å². The molecule has 0 N–H and O–H groups in total. The first kappa shape index (κ1) is 18.7. The average Bonchev–Trinajstić information content (AvgIpc) is 2.10. The Balaban J connectivity index is 3.19. The van der Waals surface area contributed by atoms with Gasteiger partial charge in [0.05, 0.1) is 0 Å². The summed E-state index contributed by atoms with van der Waals surface area (Å²) in [5, 5.41) is 0. The Labute approximate surface area is 128 Å². The molecule has 0 amide bonds. The van der Waals surface area contributed by atoms with E-state index in [-0.39, 0.29) is 0 Å². The lowest BCUT2D eigenvalue weighted by molar-refractivity contribution is 0.177. The Bertz CT molecular complexity index is 315. The molecule has 1 aliphatic rings. The van der Waals surface area contributed by atoms with Gasteiger partial charge in [-0.25, -0.2) is 0 Å². The zero-order chi connectivity index (χ0) is 16.0. The van der Waals surface area contributed by atoms with Crippen molar-refractivity contribution >= 4 is 34.6 Å².